The minimum atomic E-state index is 0.239. The third-order valence-corrected chi connectivity index (χ3v) is 4.56. The van der Waals surface area contributed by atoms with Crippen molar-refractivity contribution in [3.63, 3.8) is 0 Å². The number of likely N-dealkylation sites (N-methyl/N-ethyl adjacent to an activating group) is 1. The summed E-state index contributed by atoms with van der Waals surface area (Å²) < 4.78 is 7.59. The van der Waals surface area contributed by atoms with Crippen LogP contribution in [0.2, 0.25) is 0 Å². The molecule has 0 unspecified atom stereocenters. The number of nitrogens with zero attached hydrogens (tertiary/aromatic N) is 7. The number of hydrogen-bond donors (Lipinski definition) is 1. The van der Waals surface area contributed by atoms with Gasteiger partial charge in [-0.1, -0.05) is 0 Å². The van der Waals surface area contributed by atoms with Gasteiger partial charge in [-0.15, -0.1) is 5.10 Å². The summed E-state index contributed by atoms with van der Waals surface area (Å²) in [7, 11) is 2.15. The molecule has 0 saturated carbocycles. The standard InChI is InChI=1S/C17H22N8O/c1-23-4-6-24(7-5-23)8-9-26-16-3-2-15-19-12-14(25(15)22-16)13-10-20-17(18)21-11-13/h2-3,10-12H,4-9H2,1H3,(H2,18,20,21). The summed E-state index contributed by atoms with van der Waals surface area (Å²) in [6, 6.07) is 3.73. The molecule has 0 spiro atoms. The van der Waals surface area contributed by atoms with Crippen molar-refractivity contribution in [3.05, 3.63) is 30.7 Å². The van der Waals surface area contributed by atoms with E-state index in [9.17, 15) is 0 Å². The monoisotopic (exact) mass is 354 g/mol. The van der Waals surface area contributed by atoms with E-state index in [2.05, 4.69) is 36.9 Å². The largest absolute Gasteiger partial charge is 0.475 e. The number of fused-ring (bicyclic) bond motifs is 1. The molecule has 0 atom stereocenters. The van der Waals surface area contributed by atoms with Crippen molar-refractivity contribution in [2.24, 2.45) is 0 Å². The van der Waals surface area contributed by atoms with Crippen LogP contribution < -0.4 is 10.5 Å². The SMILES string of the molecule is CN1CCN(CCOc2ccc3ncc(-c4cnc(N)nc4)n3n2)CC1. The molecule has 1 fully saturated rings. The molecule has 0 radical (unpaired) electrons. The van der Waals surface area contributed by atoms with Crippen LogP contribution in [0.3, 0.4) is 0 Å². The maximum absolute atomic E-state index is 5.86. The van der Waals surface area contributed by atoms with E-state index in [0.717, 1.165) is 49.6 Å². The molecular weight excluding hydrogens is 332 g/mol. The first-order chi connectivity index (χ1) is 12.7. The summed E-state index contributed by atoms with van der Waals surface area (Å²) >= 11 is 0. The van der Waals surface area contributed by atoms with Crippen molar-refractivity contribution in [1.29, 1.82) is 0 Å². The fourth-order valence-corrected chi connectivity index (χ4v) is 2.95. The number of nitrogens with two attached hydrogens (primary N) is 1. The number of nitrogen functional groups attached to an aromatic ring is 1. The van der Waals surface area contributed by atoms with Crippen molar-refractivity contribution in [1.82, 2.24) is 34.4 Å². The summed E-state index contributed by atoms with van der Waals surface area (Å²) in [6.45, 7) is 5.87. The maximum atomic E-state index is 5.86. The predicted octanol–water partition coefficient (Wildman–Crippen LogP) is 0.395. The second kappa shape index (κ2) is 7.22. The number of rotatable bonds is 5. The second-order valence-corrected chi connectivity index (χ2v) is 6.41. The molecule has 0 aromatic carbocycles. The van der Waals surface area contributed by atoms with Gasteiger partial charge in [-0.05, 0) is 13.1 Å². The number of aromatic nitrogens is 5. The molecule has 9 nitrogen and oxygen atoms in total. The van der Waals surface area contributed by atoms with Crippen LogP contribution in [0.4, 0.5) is 5.95 Å². The smallest absolute Gasteiger partial charge is 0.231 e. The van der Waals surface area contributed by atoms with Crippen LogP contribution in [0.25, 0.3) is 16.9 Å². The van der Waals surface area contributed by atoms with Gasteiger partial charge < -0.3 is 15.4 Å². The third-order valence-electron chi connectivity index (χ3n) is 4.56. The van der Waals surface area contributed by atoms with E-state index >= 15 is 0 Å². The molecule has 0 amide bonds. The molecule has 3 aromatic heterocycles. The predicted molar refractivity (Wildman–Crippen MR) is 97.9 cm³/mol. The van der Waals surface area contributed by atoms with Gasteiger partial charge in [0.05, 0.1) is 11.9 Å². The molecule has 4 heterocycles. The van der Waals surface area contributed by atoms with Gasteiger partial charge in [0, 0.05) is 56.7 Å². The molecule has 0 bridgehead atoms. The average molecular weight is 354 g/mol. The van der Waals surface area contributed by atoms with Crippen molar-refractivity contribution in [2.75, 3.05) is 52.1 Å². The van der Waals surface area contributed by atoms with Gasteiger partial charge in [0.15, 0.2) is 5.65 Å². The van der Waals surface area contributed by atoms with Crippen LogP contribution in [0, 0.1) is 0 Å². The van der Waals surface area contributed by atoms with E-state index in [1.165, 1.54) is 0 Å². The molecule has 3 aromatic rings. The van der Waals surface area contributed by atoms with Crippen molar-refractivity contribution in [2.45, 2.75) is 0 Å². The van der Waals surface area contributed by atoms with Crippen LogP contribution in [0.1, 0.15) is 0 Å². The molecule has 1 saturated heterocycles. The zero-order valence-electron chi connectivity index (χ0n) is 14.7. The molecule has 1 aliphatic rings. The summed E-state index contributed by atoms with van der Waals surface area (Å²) in [5, 5.41) is 4.55. The van der Waals surface area contributed by atoms with Crippen LogP contribution >= 0.6 is 0 Å². The first-order valence-electron chi connectivity index (χ1n) is 8.65. The van der Waals surface area contributed by atoms with Gasteiger partial charge in [-0.3, -0.25) is 4.90 Å². The van der Waals surface area contributed by atoms with E-state index < -0.39 is 0 Å². The Morgan fingerprint density at radius 2 is 1.81 bits per heavy atom. The number of piperazine rings is 1. The number of imidazole rings is 1. The Balaban J connectivity index is 1.45. The van der Waals surface area contributed by atoms with Crippen molar-refractivity contribution in [3.8, 4) is 17.1 Å². The highest BCUT2D eigenvalue weighted by Gasteiger charge is 2.14. The van der Waals surface area contributed by atoms with Gasteiger partial charge in [-0.2, -0.15) is 0 Å². The normalized spacial score (nSPS) is 16.2. The Labute approximate surface area is 151 Å². The summed E-state index contributed by atoms with van der Waals surface area (Å²) in [4.78, 5) is 17.2. The number of hydrogen-bond acceptors (Lipinski definition) is 8. The molecule has 1 aliphatic heterocycles. The fraction of sp³-hybridized carbons (Fsp3) is 0.412. The zero-order chi connectivity index (χ0) is 17.9. The Kier molecular flexibility index (Phi) is 4.63. The Morgan fingerprint density at radius 1 is 1.04 bits per heavy atom. The minimum absolute atomic E-state index is 0.239. The van der Waals surface area contributed by atoms with Gasteiger partial charge >= 0.3 is 0 Å². The highest BCUT2D eigenvalue weighted by atomic mass is 16.5. The Bertz CT molecular complexity index is 870. The van der Waals surface area contributed by atoms with Gasteiger partial charge in [-0.25, -0.2) is 19.5 Å². The molecule has 4 rings (SSSR count). The van der Waals surface area contributed by atoms with Gasteiger partial charge in [0.25, 0.3) is 0 Å². The van der Waals surface area contributed by atoms with E-state index in [-0.39, 0.29) is 5.95 Å². The molecule has 26 heavy (non-hydrogen) atoms. The quantitative estimate of drug-likeness (QED) is 0.703. The Morgan fingerprint density at radius 3 is 2.58 bits per heavy atom. The lowest BCUT2D eigenvalue weighted by Crippen LogP contribution is -2.45. The lowest BCUT2D eigenvalue weighted by molar-refractivity contribution is 0.132. The van der Waals surface area contributed by atoms with E-state index in [4.69, 9.17) is 10.5 Å². The van der Waals surface area contributed by atoms with E-state index in [1.54, 1.807) is 23.1 Å². The van der Waals surface area contributed by atoms with Crippen LogP contribution in [0.5, 0.6) is 5.88 Å². The molecule has 9 heteroatoms. The lowest BCUT2D eigenvalue weighted by Gasteiger charge is -2.32. The number of ether oxygens (including phenoxy) is 1. The van der Waals surface area contributed by atoms with Gasteiger partial charge in [0.2, 0.25) is 11.8 Å². The zero-order valence-corrected chi connectivity index (χ0v) is 14.7. The first kappa shape index (κ1) is 16.7. The summed E-state index contributed by atoms with van der Waals surface area (Å²) in [5.41, 5.74) is 7.89. The summed E-state index contributed by atoms with van der Waals surface area (Å²) in [6.07, 6.45) is 5.06. The highest BCUT2D eigenvalue weighted by Crippen LogP contribution is 2.20. The summed E-state index contributed by atoms with van der Waals surface area (Å²) in [5.74, 6) is 0.811. The third kappa shape index (κ3) is 3.58. The van der Waals surface area contributed by atoms with E-state index in [1.807, 2.05) is 12.1 Å². The minimum Gasteiger partial charge on any atom is -0.475 e. The first-order valence-corrected chi connectivity index (χ1v) is 8.65. The van der Waals surface area contributed by atoms with Crippen LogP contribution in [-0.2, 0) is 0 Å². The number of anilines is 1. The van der Waals surface area contributed by atoms with Crippen molar-refractivity contribution >= 4 is 11.6 Å². The van der Waals surface area contributed by atoms with Crippen LogP contribution in [0.15, 0.2) is 30.7 Å². The molecule has 2 N–H and O–H groups in total. The van der Waals surface area contributed by atoms with Crippen LogP contribution in [-0.4, -0.2) is 80.7 Å². The molecule has 136 valence electrons. The average Bonchev–Trinajstić information content (AvgIpc) is 3.07. The second-order valence-electron chi connectivity index (χ2n) is 6.41. The fourth-order valence-electron chi connectivity index (χ4n) is 2.95. The van der Waals surface area contributed by atoms with Crippen molar-refractivity contribution < 1.29 is 4.74 Å². The van der Waals surface area contributed by atoms with E-state index in [0.29, 0.717) is 12.5 Å². The maximum Gasteiger partial charge on any atom is 0.231 e. The molecular formula is C17H22N8O. The van der Waals surface area contributed by atoms with Gasteiger partial charge in [0.1, 0.15) is 6.61 Å². The topological polar surface area (TPSA) is 97.7 Å². The molecule has 0 aliphatic carbocycles. The Hall–Kier alpha value is -2.78. The lowest BCUT2D eigenvalue weighted by atomic mass is 10.3. The highest BCUT2D eigenvalue weighted by molar-refractivity contribution is 5.61.